The van der Waals surface area contributed by atoms with Crippen LogP contribution in [-0.2, 0) is 11.2 Å². The summed E-state index contributed by atoms with van der Waals surface area (Å²) in [5, 5.41) is 9.93. The Kier molecular flexibility index (Phi) is 2.82. The number of nitrogens with zero attached hydrogens (tertiary/aromatic N) is 1. The molecule has 3 heteroatoms. The van der Waals surface area contributed by atoms with E-state index in [1.807, 2.05) is 0 Å². The van der Waals surface area contributed by atoms with Crippen LogP contribution in [0.5, 0.6) is 0 Å². The standard InChI is InChI=1S/C15H17NO2/c17-15(18)7-5-11-4-6-14-12(10-11)8-9-16(14)13-2-1-3-13/h4,6,8-10,13H,1-3,5,7H2,(H,17,18). The molecule has 1 fully saturated rings. The summed E-state index contributed by atoms with van der Waals surface area (Å²) < 4.78 is 2.36. The van der Waals surface area contributed by atoms with E-state index in [9.17, 15) is 4.79 Å². The molecule has 0 aliphatic heterocycles. The van der Waals surface area contributed by atoms with Gasteiger partial charge in [0.15, 0.2) is 0 Å². The summed E-state index contributed by atoms with van der Waals surface area (Å²) in [7, 11) is 0. The largest absolute Gasteiger partial charge is 0.481 e. The van der Waals surface area contributed by atoms with E-state index in [1.54, 1.807) is 0 Å². The van der Waals surface area contributed by atoms with E-state index < -0.39 is 5.97 Å². The molecule has 1 N–H and O–H groups in total. The van der Waals surface area contributed by atoms with Crippen molar-refractivity contribution >= 4 is 16.9 Å². The third-order valence-corrected chi connectivity index (χ3v) is 3.88. The Hall–Kier alpha value is -1.77. The van der Waals surface area contributed by atoms with Crippen LogP contribution < -0.4 is 0 Å². The maximum Gasteiger partial charge on any atom is 0.303 e. The van der Waals surface area contributed by atoms with Gasteiger partial charge in [-0.1, -0.05) is 6.07 Å². The Balaban J connectivity index is 1.86. The van der Waals surface area contributed by atoms with Gasteiger partial charge >= 0.3 is 5.97 Å². The highest BCUT2D eigenvalue weighted by atomic mass is 16.4. The lowest BCUT2D eigenvalue weighted by Gasteiger charge is -2.28. The fraction of sp³-hybridized carbons (Fsp3) is 0.400. The number of hydrogen-bond acceptors (Lipinski definition) is 1. The summed E-state index contributed by atoms with van der Waals surface area (Å²) in [4.78, 5) is 10.6. The number of carbonyl (C=O) groups is 1. The van der Waals surface area contributed by atoms with E-state index in [4.69, 9.17) is 5.11 Å². The van der Waals surface area contributed by atoms with Crippen LogP contribution in [0.25, 0.3) is 10.9 Å². The van der Waals surface area contributed by atoms with E-state index in [1.165, 1.54) is 30.2 Å². The number of hydrogen-bond donors (Lipinski definition) is 1. The van der Waals surface area contributed by atoms with Gasteiger partial charge in [-0.2, -0.15) is 0 Å². The second kappa shape index (κ2) is 4.48. The Labute approximate surface area is 106 Å². The number of rotatable bonds is 4. The van der Waals surface area contributed by atoms with Crippen LogP contribution in [0.3, 0.4) is 0 Å². The second-order valence-corrected chi connectivity index (χ2v) is 5.09. The first-order valence-corrected chi connectivity index (χ1v) is 6.55. The molecule has 94 valence electrons. The van der Waals surface area contributed by atoms with Crippen LogP contribution in [0.1, 0.15) is 37.3 Å². The molecule has 1 aliphatic carbocycles. The van der Waals surface area contributed by atoms with Gasteiger partial charge in [-0.15, -0.1) is 0 Å². The molecule has 0 unspecified atom stereocenters. The van der Waals surface area contributed by atoms with Gasteiger partial charge in [-0.3, -0.25) is 4.79 Å². The fourth-order valence-electron chi connectivity index (χ4n) is 2.60. The zero-order valence-corrected chi connectivity index (χ0v) is 10.3. The normalized spacial score (nSPS) is 15.8. The number of aliphatic carboxylic acids is 1. The molecule has 1 heterocycles. The van der Waals surface area contributed by atoms with E-state index in [0.29, 0.717) is 12.5 Å². The minimum Gasteiger partial charge on any atom is -0.481 e. The predicted molar refractivity (Wildman–Crippen MR) is 70.8 cm³/mol. The molecule has 1 aromatic heterocycles. The van der Waals surface area contributed by atoms with Gasteiger partial charge in [-0.25, -0.2) is 0 Å². The van der Waals surface area contributed by atoms with Crippen molar-refractivity contribution in [1.82, 2.24) is 4.57 Å². The van der Waals surface area contributed by atoms with Crippen molar-refractivity contribution in [2.45, 2.75) is 38.1 Å². The molecule has 3 rings (SSSR count). The number of carboxylic acids is 1. The van der Waals surface area contributed by atoms with Gasteiger partial charge in [0.2, 0.25) is 0 Å². The third kappa shape index (κ3) is 2.01. The molecular weight excluding hydrogens is 226 g/mol. The van der Waals surface area contributed by atoms with Crippen molar-refractivity contribution in [3.63, 3.8) is 0 Å². The molecule has 3 nitrogen and oxygen atoms in total. The third-order valence-electron chi connectivity index (χ3n) is 3.88. The van der Waals surface area contributed by atoms with E-state index in [0.717, 1.165) is 5.56 Å². The second-order valence-electron chi connectivity index (χ2n) is 5.09. The monoisotopic (exact) mass is 243 g/mol. The Morgan fingerprint density at radius 3 is 2.83 bits per heavy atom. The highest BCUT2D eigenvalue weighted by Gasteiger charge is 2.20. The molecule has 1 aliphatic rings. The molecular formula is C15H17NO2. The van der Waals surface area contributed by atoms with Gasteiger partial charge in [0.1, 0.15) is 0 Å². The van der Waals surface area contributed by atoms with E-state index in [-0.39, 0.29) is 6.42 Å². The first-order valence-electron chi connectivity index (χ1n) is 6.55. The summed E-state index contributed by atoms with van der Waals surface area (Å²) in [6, 6.07) is 9.11. The van der Waals surface area contributed by atoms with E-state index >= 15 is 0 Å². The van der Waals surface area contributed by atoms with Crippen molar-refractivity contribution in [2.24, 2.45) is 0 Å². The molecule has 0 radical (unpaired) electrons. The topological polar surface area (TPSA) is 42.2 Å². The first-order chi connectivity index (χ1) is 8.74. The summed E-state index contributed by atoms with van der Waals surface area (Å²) in [6.45, 7) is 0. The number of aryl methyl sites for hydroxylation is 1. The quantitative estimate of drug-likeness (QED) is 0.894. The molecule has 1 saturated carbocycles. The number of fused-ring (bicyclic) bond motifs is 1. The lowest BCUT2D eigenvalue weighted by atomic mass is 9.93. The molecule has 0 saturated heterocycles. The minimum absolute atomic E-state index is 0.203. The molecule has 2 aromatic rings. The maximum absolute atomic E-state index is 10.6. The van der Waals surface area contributed by atoms with Crippen LogP contribution in [0, 0.1) is 0 Å². The summed E-state index contributed by atoms with van der Waals surface area (Å²) in [5.74, 6) is -0.734. The Morgan fingerprint density at radius 1 is 1.33 bits per heavy atom. The molecule has 0 amide bonds. The summed E-state index contributed by atoms with van der Waals surface area (Å²) >= 11 is 0. The van der Waals surface area contributed by atoms with E-state index in [2.05, 4.69) is 35.0 Å². The predicted octanol–water partition coefficient (Wildman–Crippen LogP) is 3.38. The summed E-state index contributed by atoms with van der Waals surface area (Å²) in [6.07, 6.45) is 6.88. The molecule has 0 spiro atoms. The van der Waals surface area contributed by atoms with Crippen LogP contribution in [0.15, 0.2) is 30.5 Å². The molecule has 0 bridgehead atoms. The van der Waals surface area contributed by atoms with Crippen LogP contribution in [0.2, 0.25) is 0 Å². The van der Waals surface area contributed by atoms with Gasteiger partial charge in [-0.05, 0) is 54.8 Å². The molecule has 1 aromatic carbocycles. The number of aromatic nitrogens is 1. The van der Waals surface area contributed by atoms with Crippen LogP contribution in [0.4, 0.5) is 0 Å². The first kappa shape index (κ1) is 11.3. The highest BCUT2D eigenvalue weighted by Crippen LogP contribution is 2.34. The van der Waals surface area contributed by atoms with Crippen molar-refractivity contribution in [1.29, 1.82) is 0 Å². The van der Waals surface area contributed by atoms with Crippen molar-refractivity contribution in [3.05, 3.63) is 36.0 Å². The maximum atomic E-state index is 10.6. The van der Waals surface area contributed by atoms with Crippen molar-refractivity contribution in [3.8, 4) is 0 Å². The lowest BCUT2D eigenvalue weighted by molar-refractivity contribution is -0.136. The fourth-order valence-corrected chi connectivity index (χ4v) is 2.60. The average molecular weight is 243 g/mol. The van der Waals surface area contributed by atoms with Gasteiger partial charge in [0.05, 0.1) is 0 Å². The van der Waals surface area contributed by atoms with Crippen LogP contribution in [-0.4, -0.2) is 15.6 Å². The van der Waals surface area contributed by atoms with Crippen LogP contribution >= 0.6 is 0 Å². The molecule has 18 heavy (non-hydrogen) atoms. The zero-order valence-electron chi connectivity index (χ0n) is 10.3. The van der Waals surface area contributed by atoms with Gasteiger partial charge < -0.3 is 9.67 Å². The van der Waals surface area contributed by atoms with Crippen molar-refractivity contribution < 1.29 is 9.90 Å². The van der Waals surface area contributed by atoms with Gasteiger partial charge in [0.25, 0.3) is 0 Å². The zero-order chi connectivity index (χ0) is 12.5. The lowest BCUT2D eigenvalue weighted by Crippen LogP contribution is -2.15. The highest BCUT2D eigenvalue weighted by molar-refractivity contribution is 5.81. The van der Waals surface area contributed by atoms with Crippen molar-refractivity contribution in [2.75, 3.05) is 0 Å². The number of benzene rings is 1. The Morgan fingerprint density at radius 2 is 2.17 bits per heavy atom. The minimum atomic E-state index is -0.734. The van der Waals surface area contributed by atoms with Gasteiger partial charge in [0, 0.05) is 24.2 Å². The smallest absolute Gasteiger partial charge is 0.303 e. The number of carboxylic acid groups (broad SMARTS) is 1. The molecule has 0 atom stereocenters. The average Bonchev–Trinajstić information content (AvgIpc) is 2.68. The Bertz CT molecular complexity index is 581. The SMILES string of the molecule is O=C(O)CCc1ccc2c(ccn2C2CCC2)c1. The summed E-state index contributed by atoms with van der Waals surface area (Å²) in [5.41, 5.74) is 2.38.